The van der Waals surface area contributed by atoms with Crippen LogP contribution in [0.3, 0.4) is 0 Å². The average Bonchev–Trinajstić information content (AvgIpc) is 2.76. The van der Waals surface area contributed by atoms with Gasteiger partial charge in [0.25, 0.3) is 11.8 Å². The summed E-state index contributed by atoms with van der Waals surface area (Å²) in [6.45, 7) is 1.60. The largest absolute Gasteiger partial charge is 0.478 e. The second-order valence-corrected chi connectivity index (χ2v) is 5.40. The number of aromatic carboxylic acids is 1. The number of carbonyl (C=O) groups is 3. The Kier molecular flexibility index (Phi) is 3.37. The second kappa shape index (κ2) is 5.24. The number of rotatable bonds is 3. The molecule has 0 saturated heterocycles. The predicted molar refractivity (Wildman–Crippen MR) is 83.2 cm³/mol. The standard InChI is InChI=1S/C17H14N2O4/c1-9-13(17(22)23)6-10(7-14(9)18)8-19-15(20)11-4-2-3-5-12(11)16(19)21/h2-7H,8,18H2,1H3,(H,22,23). The van der Waals surface area contributed by atoms with Crippen LogP contribution in [-0.4, -0.2) is 27.8 Å². The van der Waals surface area contributed by atoms with Gasteiger partial charge in [0.2, 0.25) is 0 Å². The molecule has 2 aromatic rings. The highest BCUT2D eigenvalue weighted by atomic mass is 16.4. The topological polar surface area (TPSA) is 101 Å². The van der Waals surface area contributed by atoms with E-state index in [1.165, 1.54) is 6.07 Å². The zero-order valence-corrected chi connectivity index (χ0v) is 12.4. The van der Waals surface area contributed by atoms with Crippen LogP contribution in [0.25, 0.3) is 0 Å². The lowest BCUT2D eigenvalue weighted by Gasteiger charge is -2.16. The molecule has 3 N–H and O–H groups in total. The zero-order valence-electron chi connectivity index (χ0n) is 12.4. The van der Waals surface area contributed by atoms with Gasteiger partial charge in [-0.05, 0) is 42.3 Å². The van der Waals surface area contributed by atoms with E-state index in [1.54, 1.807) is 37.3 Å². The Morgan fingerprint density at radius 1 is 1.13 bits per heavy atom. The maximum absolute atomic E-state index is 12.3. The minimum absolute atomic E-state index is 0.0168. The minimum atomic E-state index is -1.10. The summed E-state index contributed by atoms with van der Waals surface area (Å²) >= 11 is 0. The van der Waals surface area contributed by atoms with Gasteiger partial charge in [0.05, 0.1) is 23.2 Å². The molecule has 1 aliphatic rings. The number of imide groups is 1. The van der Waals surface area contributed by atoms with Gasteiger partial charge in [-0.25, -0.2) is 4.79 Å². The van der Waals surface area contributed by atoms with Crippen molar-refractivity contribution in [1.29, 1.82) is 0 Å². The number of hydrogen-bond donors (Lipinski definition) is 2. The van der Waals surface area contributed by atoms with Crippen molar-refractivity contribution in [1.82, 2.24) is 4.90 Å². The first-order valence-electron chi connectivity index (χ1n) is 6.97. The maximum atomic E-state index is 12.3. The van der Waals surface area contributed by atoms with Crippen molar-refractivity contribution in [3.63, 3.8) is 0 Å². The maximum Gasteiger partial charge on any atom is 0.336 e. The van der Waals surface area contributed by atoms with Gasteiger partial charge in [-0.2, -0.15) is 0 Å². The molecule has 116 valence electrons. The van der Waals surface area contributed by atoms with Crippen molar-refractivity contribution < 1.29 is 19.5 Å². The SMILES string of the molecule is Cc1c(N)cc(CN2C(=O)c3ccccc3C2=O)cc1C(=O)O. The van der Waals surface area contributed by atoms with E-state index in [1.807, 2.05) is 0 Å². The molecule has 0 aromatic heterocycles. The Balaban J connectivity index is 1.97. The molecule has 0 fully saturated rings. The van der Waals surface area contributed by atoms with E-state index in [0.717, 1.165) is 4.90 Å². The average molecular weight is 310 g/mol. The number of fused-ring (bicyclic) bond motifs is 1. The summed E-state index contributed by atoms with van der Waals surface area (Å²) in [6.07, 6.45) is 0. The molecule has 23 heavy (non-hydrogen) atoms. The van der Waals surface area contributed by atoms with Crippen LogP contribution in [0.4, 0.5) is 5.69 Å². The van der Waals surface area contributed by atoms with Gasteiger partial charge in [0, 0.05) is 5.69 Å². The monoisotopic (exact) mass is 310 g/mol. The van der Waals surface area contributed by atoms with Gasteiger partial charge in [0.1, 0.15) is 0 Å². The van der Waals surface area contributed by atoms with E-state index in [2.05, 4.69) is 0 Å². The normalized spacial score (nSPS) is 13.3. The number of nitrogens with zero attached hydrogens (tertiary/aromatic N) is 1. The number of carboxylic acid groups (broad SMARTS) is 1. The summed E-state index contributed by atoms with van der Waals surface area (Å²) < 4.78 is 0. The lowest BCUT2D eigenvalue weighted by atomic mass is 10.0. The van der Waals surface area contributed by atoms with Crippen LogP contribution in [-0.2, 0) is 6.54 Å². The summed E-state index contributed by atoms with van der Waals surface area (Å²) in [5, 5.41) is 9.22. The molecule has 0 aliphatic carbocycles. The highest BCUT2D eigenvalue weighted by Gasteiger charge is 2.35. The Hall–Kier alpha value is -3.15. The number of nitrogen functional groups attached to an aromatic ring is 1. The number of benzene rings is 2. The zero-order chi connectivity index (χ0) is 16.7. The van der Waals surface area contributed by atoms with Crippen LogP contribution in [0.15, 0.2) is 36.4 Å². The van der Waals surface area contributed by atoms with Gasteiger partial charge >= 0.3 is 5.97 Å². The molecular formula is C17H14N2O4. The van der Waals surface area contributed by atoms with Crippen LogP contribution in [0.5, 0.6) is 0 Å². The highest BCUT2D eigenvalue weighted by Crippen LogP contribution is 2.26. The first-order chi connectivity index (χ1) is 10.9. The van der Waals surface area contributed by atoms with Gasteiger partial charge in [0.15, 0.2) is 0 Å². The number of nitrogens with two attached hydrogens (primary N) is 1. The van der Waals surface area contributed by atoms with E-state index in [9.17, 15) is 19.5 Å². The summed E-state index contributed by atoms with van der Waals surface area (Å²) in [6, 6.07) is 9.62. The van der Waals surface area contributed by atoms with E-state index < -0.39 is 5.97 Å². The molecule has 1 heterocycles. The Labute approximate surface area is 132 Å². The van der Waals surface area contributed by atoms with Gasteiger partial charge in [-0.3, -0.25) is 14.5 Å². The van der Waals surface area contributed by atoms with Gasteiger partial charge < -0.3 is 10.8 Å². The Morgan fingerprint density at radius 2 is 1.70 bits per heavy atom. The quantitative estimate of drug-likeness (QED) is 0.667. The highest BCUT2D eigenvalue weighted by molar-refractivity contribution is 6.21. The van der Waals surface area contributed by atoms with Gasteiger partial charge in [-0.15, -0.1) is 0 Å². The predicted octanol–water partition coefficient (Wildman–Crippen LogP) is 2.07. The molecule has 1 aliphatic heterocycles. The molecule has 0 spiro atoms. The number of anilines is 1. The lowest BCUT2D eigenvalue weighted by molar-refractivity contribution is 0.0641. The summed E-state index contributed by atoms with van der Waals surface area (Å²) in [5.41, 5.74) is 7.89. The van der Waals surface area contributed by atoms with Gasteiger partial charge in [-0.1, -0.05) is 12.1 Å². The molecule has 6 heteroatoms. The third-order valence-corrected chi connectivity index (χ3v) is 3.96. The Bertz CT molecular complexity index is 823. The lowest BCUT2D eigenvalue weighted by Crippen LogP contribution is -2.29. The Morgan fingerprint density at radius 3 is 2.22 bits per heavy atom. The molecule has 0 atom stereocenters. The minimum Gasteiger partial charge on any atom is -0.478 e. The van der Waals surface area contributed by atoms with E-state index in [-0.39, 0.29) is 23.9 Å². The van der Waals surface area contributed by atoms with Crippen molar-refractivity contribution in [2.24, 2.45) is 0 Å². The van der Waals surface area contributed by atoms with Crippen molar-refractivity contribution in [3.8, 4) is 0 Å². The first-order valence-corrected chi connectivity index (χ1v) is 6.97. The number of carbonyl (C=O) groups excluding carboxylic acids is 2. The molecule has 0 radical (unpaired) electrons. The third-order valence-electron chi connectivity index (χ3n) is 3.96. The molecular weight excluding hydrogens is 296 g/mol. The molecule has 2 amide bonds. The summed E-state index contributed by atoms with van der Waals surface area (Å²) in [4.78, 5) is 37.0. The number of hydrogen-bond acceptors (Lipinski definition) is 4. The summed E-state index contributed by atoms with van der Waals surface area (Å²) in [7, 11) is 0. The molecule has 3 rings (SSSR count). The fourth-order valence-electron chi connectivity index (χ4n) is 2.68. The van der Waals surface area contributed by atoms with E-state index in [4.69, 9.17) is 5.73 Å². The van der Waals surface area contributed by atoms with Crippen molar-refractivity contribution in [3.05, 3.63) is 64.2 Å². The first kappa shape index (κ1) is 14.8. The van der Waals surface area contributed by atoms with E-state index >= 15 is 0 Å². The molecule has 0 unspecified atom stereocenters. The van der Waals surface area contributed by atoms with Crippen molar-refractivity contribution >= 4 is 23.5 Å². The fourth-order valence-corrected chi connectivity index (χ4v) is 2.68. The van der Waals surface area contributed by atoms with E-state index in [0.29, 0.717) is 27.9 Å². The number of carboxylic acids is 1. The van der Waals surface area contributed by atoms with Crippen LogP contribution < -0.4 is 5.73 Å². The number of amides is 2. The van der Waals surface area contributed by atoms with Crippen molar-refractivity contribution in [2.75, 3.05) is 5.73 Å². The van der Waals surface area contributed by atoms with Crippen LogP contribution >= 0.6 is 0 Å². The second-order valence-electron chi connectivity index (χ2n) is 5.40. The molecule has 0 saturated carbocycles. The summed E-state index contributed by atoms with van der Waals surface area (Å²) in [5.74, 6) is -1.87. The van der Waals surface area contributed by atoms with Crippen LogP contribution in [0.2, 0.25) is 0 Å². The molecule has 6 nitrogen and oxygen atoms in total. The fraction of sp³-hybridized carbons (Fsp3) is 0.118. The molecule has 2 aromatic carbocycles. The van der Waals surface area contributed by atoms with Crippen molar-refractivity contribution in [2.45, 2.75) is 13.5 Å². The van der Waals surface area contributed by atoms with Crippen LogP contribution in [0.1, 0.15) is 42.2 Å². The third kappa shape index (κ3) is 2.34. The van der Waals surface area contributed by atoms with Crippen LogP contribution in [0, 0.1) is 6.92 Å². The molecule has 0 bridgehead atoms. The smallest absolute Gasteiger partial charge is 0.336 e.